The van der Waals surface area contributed by atoms with Crippen LogP contribution >= 0.6 is 11.3 Å². The van der Waals surface area contributed by atoms with E-state index in [1.54, 1.807) is 0 Å². The minimum atomic E-state index is -1.14. The molecule has 0 fully saturated rings. The zero-order valence-electron chi connectivity index (χ0n) is 8.54. The third kappa shape index (κ3) is 1.76. The van der Waals surface area contributed by atoms with Crippen molar-refractivity contribution in [1.82, 2.24) is 14.8 Å². The van der Waals surface area contributed by atoms with Gasteiger partial charge in [-0.15, -0.1) is 11.3 Å². The Morgan fingerprint density at radius 2 is 2.44 bits per heavy atom. The average molecular weight is 238 g/mol. The van der Waals surface area contributed by atoms with Gasteiger partial charge < -0.3 is 10.8 Å². The molecule has 84 valence electrons. The van der Waals surface area contributed by atoms with Crippen molar-refractivity contribution in [2.75, 3.05) is 5.73 Å². The zero-order valence-corrected chi connectivity index (χ0v) is 9.36. The van der Waals surface area contributed by atoms with E-state index >= 15 is 0 Å². The Bertz CT molecular complexity index is 531. The van der Waals surface area contributed by atoms with E-state index in [9.17, 15) is 4.79 Å². The van der Waals surface area contributed by atoms with Crippen molar-refractivity contribution in [2.45, 2.75) is 13.3 Å². The predicted octanol–water partition coefficient (Wildman–Crippen LogP) is 1.17. The Balaban J connectivity index is 2.41. The monoisotopic (exact) mass is 238 g/mol. The van der Waals surface area contributed by atoms with Gasteiger partial charge in [-0.3, -0.25) is 0 Å². The molecule has 3 N–H and O–H groups in total. The summed E-state index contributed by atoms with van der Waals surface area (Å²) in [5.74, 6) is -1.14. The number of rotatable bonds is 3. The van der Waals surface area contributed by atoms with Gasteiger partial charge in [0.1, 0.15) is 0 Å². The lowest BCUT2D eigenvalue weighted by Gasteiger charge is -1.92. The van der Waals surface area contributed by atoms with E-state index in [1.807, 2.05) is 12.3 Å². The summed E-state index contributed by atoms with van der Waals surface area (Å²) in [5, 5.41) is 15.2. The van der Waals surface area contributed by atoms with Gasteiger partial charge in [0.2, 0.25) is 5.13 Å². The highest BCUT2D eigenvalue weighted by atomic mass is 32.1. The number of thiazole rings is 1. The number of aromatic carboxylic acids is 1. The second-order valence-corrected chi connectivity index (χ2v) is 3.99. The lowest BCUT2D eigenvalue weighted by Crippen LogP contribution is -2.02. The number of carboxylic acids is 1. The average Bonchev–Trinajstić information content (AvgIpc) is 2.83. The summed E-state index contributed by atoms with van der Waals surface area (Å²) in [6, 6.07) is 0. The van der Waals surface area contributed by atoms with E-state index in [4.69, 9.17) is 10.8 Å². The van der Waals surface area contributed by atoms with Crippen LogP contribution in [0.4, 0.5) is 5.69 Å². The number of aryl methyl sites for hydroxylation is 1. The van der Waals surface area contributed by atoms with Gasteiger partial charge in [-0.1, -0.05) is 6.92 Å². The number of nitrogens with two attached hydrogens (primary N) is 1. The normalized spacial score (nSPS) is 10.6. The summed E-state index contributed by atoms with van der Waals surface area (Å²) in [6.45, 7) is 2.00. The van der Waals surface area contributed by atoms with Crippen LogP contribution in [0, 0.1) is 0 Å². The first-order chi connectivity index (χ1) is 7.61. The number of hydrogen-bond acceptors (Lipinski definition) is 5. The second kappa shape index (κ2) is 3.93. The van der Waals surface area contributed by atoms with Crippen molar-refractivity contribution < 1.29 is 9.90 Å². The molecule has 0 unspecified atom stereocenters. The topological polar surface area (TPSA) is 94.0 Å². The number of hydrogen-bond donors (Lipinski definition) is 2. The smallest absolute Gasteiger partial charge is 0.358 e. The van der Waals surface area contributed by atoms with Gasteiger partial charge in [-0.2, -0.15) is 5.10 Å². The van der Waals surface area contributed by atoms with Gasteiger partial charge >= 0.3 is 5.97 Å². The summed E-state index contributed by atoms with van der Waals surface area (Å²) in [7, 11) is 0. The number of aromatic nitrogens is 3. The maximum Gasteiger partial charge on any atom is 0.358 e. The molecule has 2 heterocycles. The van der Waals surface area contributed by atoms with Crippen molar-refractivity contribution in [2.24, 2.45) is 0 Å². The highest BCUT2D eigenvalue weighted by Crippen LogP contribution is 2.18. The number of nitrogen functional groups attached to an aromatic ring is 1. The molecule has 0 spiro atoms. The van der Waals surface area contributed by atoms with Crippen LogP contribution in [0.3, 0.4) is 0 Å². The number of carboxylic acid groups (broad SMARTS) is 1. The fourth-order valence-electron chi connectivity index (χ4n) is 1.22. The van der Waals surface area contributed by atoms with Crippen LogP contribution in [0.25, 0.3) is 5.13 Å². The van der Waals surface area contributed by atoms with Crippen LogP contribution in [-0.2, 0) is 6.42 Å². The fraction of sp³-hybridized carbons (Fsp3) is 0.222. The van der Waals surface area contributed by atoms with E-state index in [-0.39, 0.29) is 11.4 Å². The molecule has 0 aliphatic carbocycles. The maximum atomic E-state index is 10.8. The number of nitrogens with zero attached hydrogens (tertiary/aromatic N) is 3. The molecule has 0 amide bonds. The SMILES string of the molecule is CCc1csc(-n2cc(N)c(C(=O)O)n2)n1. The van der Waals surface area contributed by atoms with Crippen molar-refractivity contribution in [3.8, 4) is 5.13 Å². The van der Waals surface area contributed by atoms with Crippen molar-refractivity contribution in [3.63, 3.8) is 0 Å². The largest absolute Gasteiger partial charge is 0.476 e. The summed E-state index contributed by atoms with van der Waals surface area (Å²) in [4.78, 5) is 15.0. The van der Waals surface area contributed by atoms with Crippen LogP contribution in [-0.4, -0.2) is 25.8 Å². The predicted molar refractivity (Wildman–Crippen MR) is 60.0 cm³/mol. The van der Waals surface area contributed by atoms with Gasteiger partial charge in [-0.25, -0.2) is 14.5 Å². The van der Waals surface area contributed by atoms with Crippen molar-refractivity contribution >= 4 is 23.0 Å². The van der Waals surface area contributed by atoms with Crippen LogP contribution < -0.4 is 5.73 Å². The zero-order chi connectivity index (χ0) is 11.7. The molecule has 0 saturated carbocycles. The molecule has 6 nitrogen and oxygen atoms in total. The first kappa shape index (κ1) is 10.6. The van der Waals surface area contributed by atoms with E-state index in [0.29, 0.717) is 5.13 Å². The quantitative estimate of drug-likeness (QED) is 0.837. The summed E-state index contributed by atoms with van der Waals surface area (Å²) in [6.07, 6.45) is 2.29. The molecule has 2 aromatic heterocycles. The first-order valence-corrected chi connectivity index (χ1v) is 5.53. The third-order valence-electron chi connectivity index (χ3n) is 2.04. The van der Waals surface area contributed by atoms with E-state index in [1.165, 1.54) is 22.2 Å². The molecule has 0 aliphatic heterocycles. The van der Waals surface area contributed by atoms with Gasteiger partial charge in [-0.05, 0) is 6.42 Å². The molecule has 0 atom stereocenters. The van der Waals surface area contributed by atoms with Crippen molar-refractivity contribution in [3.05, 3.63) is 23.0 Å². The second-order valence-electron chi connectivity index (χ2n) is 3.16. The summed E-state index contributed by atoms with van der Waals surface area (Å²) >= 11 is 1.40. The lowest BCUT2D eigenvalue weighted by atomic mass is 10.4. The molecule has 0 saturated heterocycles. The number of anilines is 1. The first-order valence-electron chi connectivity index (χ1n) is 4.65. The van der Waals surface area contributed by atoms with Crippen molar-refractivity contribution in [1.29, 1.82) is 0 Å². The highest BCUT2D eigenvalue weighted by Gasteiger charge is 2.15. The molecule has 0 aromatic carbocycles. The van der Waals surface area contributed by atoms with Crippen LogP contribution in [0.1, 0.15) is 23.1 Å². The lowest BCUT2D eigenvalue weighted by molar-refractivity contribution is 0.0691. The third-order valence-corrected chi connectivity index (χ3v) is 2.92. The molecular formula is C9H10N4O2S. The van der Waals surface area contributed by atoms with E-state index in [0.717, 1.165) is 12.1 Å². The van der Waals surface area contributed by atoms with E-state index in [2.05, 4.69) is 10.1 Å². The van der Waals surface area contributed by atoms with Gasteiger partial charge in [0.05, 0.1) is 17.6 Å². The standard InChI is InChI=1S/C9H10N4O2S/c1-2-5-4-16-9(11-5)13-3-6(10)7(12-13)8(14)15/h3-4H,2,10H2,1H3,(H,14,15). The van der Waals surface area contributed by atoms with Gasteiger partial charge in [0.25, 0.3) is 0 Å². The molecule has 16 heavy (non-hydrogen) atoms. The molecule has 0 bridgehead atoms. The number of carbonyl (C=O) groups is 1. The molecular weight excluding hydrogens is 228 g/mol. The Kier molecular flexibility index (Phi) is 2.61. The van der Waals surface area contributed by atoms with E-state index < -0.39 is 5.97 Å². The Hall–Kier alpha value is -1.89. The Labute approximate surface area is 95.3 Å². The Morgan fingerprint density at radius 3 is 2.94 bits per heavy atom. The van der Waals surface area contributed by atoms with Crippen LogP contribution in [0.15, 0.2) is 11.6 Å². The molecule has 7 heteroatoms. The minimum absolute atomic E-state index is 0.140. The Morgan fingerprint density at radius 1 is 1.69 bits per heavy atom. The molecule has 2 aromatic rings. The fourth-order valence-corrected chi connectivity index (χ4v) is 2.05. The summed E-state index contributed by atoms with van der Waals surface area (Å²) < 4.78 is 1.39. The molecule has 0 aliphatic rings. The van der Waals surface area contributed by atoms with Crippen LogP contribution in [0.2, 0.25) is 0 Å². The molecule has 2 rings (SSSR count). The summed E-state index contributed by atoms with van der Waals surface area (Å²) in [5.41, 5.74) is 6.48. The highest BCUT2D eigenvalue weighted by molar-refractivity contribution is 7.12. The molecule has 0 radical (unpaired) electrons. The van der Waals surface area contributed by atoms with Gasteiger partial charge in [0.15, 0.2) is 5.69 Å². The minimum Gasteiger partial charge on any atom is -0.476 e. The van der Waals surface area contributed by atoms with Crippen LogP contribution in [0.5, 0.6) is 0 Å². The van der Waals surface area contributed by atoms with Gasteiger partial charge in [0, 0.05) is 5.38 Å². The maximum absolute atomic E-state index is 10.8.